The summed E-state index contributed by atoms with van der Waals surface area (Å²) < 4.78 is 34.0. The van der Waals surface area contributed by atoms with Crippen molar-refractivity contribution in [1.82, 2.24) is 13.9 Å². The van der Waals surface area contributed by atoms with Gasteiger partial charge in [-0.15, -0.1) is 0 Å². The number of hydrogen-bond donors (Lipinski definition) is 1. The van der Waals surface area contributed by atoms with E-state index in [0.717, 1.165) is 13.1 Å². The first kappa shape index (κ1) is 17.8. The van der Waals surface area contributed by atoms with Crippen LogP contribution in [0, 0.1) is 0 Å². The molecule has 1 aliphatic heterocycles. The molecule has 0 aromatic heterocycles. The zero-order valence-electron chi connectivity index (χ0n) is 13.3. The number of rotatable bonds is 7. The van der Waals surface area contributed by atoms with Crippen LogP contribution in [0.5, 0.6) is 0 Å². The molecule has 20 heavy (non-hydrogen) atoms. The van der Waals surface area contributed by atoms with Crippen molar-refractivity contribution in [2.24, 2.45) is 0 Å². The van der Waals surface area contributed by atoms with Crippen LogP contribution in [0.15, 0.2) is 0 Å². The molecule has 120 valence electrons. The van der Waals surface area contributed by atoms with Gasteiger partial charge in [0.25, 0.3) is 10.2 Å². The minimum atomic E-state index is -3.36. The Bertz CT molecular complexity index is 374. The first-order chi connectivity index (χ1) is 9.30. The van der Waals surface area contributed by atoms with Crippen molar-refractivity contribution in [1.29, 1.82) is 0 Å². The predicted molar refractivity (Wildman–Crippen MR) is 80.9 cm³/mol. The van der Waals surface area contributed by atoms with Crippen LogP contribution in [-0.2, 0) is 14.9 Å². The quantitative estimate of drug-likeness (QED) is 0.750. The molecule has 3 atom stereocenters. The Morgan fingerprint density at radius 2 is 1.75 bits per heavy atom. The molecule has 0 saturated carbocycles. The van der Waals surface area contributed by atoms with Gasteiger partial charge in [0.1, 0.15) is 0 Å². The third-order valence-corrected chi connectivity index (χ3v) is 5.41. The molecular formula is C13H29N3O3S. The molecule has 1 fully saturated rings. The van der Waals surface area contributed by atoms with E-state index in [1.165, 1.54) is 4.31 Å². The minimum absolute atomic E-state index is 0.161. The molecule has 1 saturated heterocycles. The number of hydrogen-bond acceptors (Lipinski definition) is 4. The van der Waals surface area contributed by atoms with Crippen molar-refractivity contribution in [3.05, 3.63) is 0 Å². The third kappa shape index (κ3) is 4.96. The van der Waals surface area contributed by atoms with E-state index in [1.807, 2.05) is 13.8 Å². The topological polar surface area (TPSA) is 61.9 Å². The van der Waals surface area contributed by atoms with Crippen molar-refractivity contribution in [3.8, 4) is 0 Å². The van der Waals surface area contributed by atoms with E-state index in [1.54, 1.807) is 0 Å². The molecule has 7 heteroatoms. The smallest absolute Gasteiger partial charge is 0.279 e. The summed E-state index contributed by atoms with van der Waals surface area (Å²) in [7, 11) is -3.36. The van der Waals surface area contributed by atoms with E-state index in [0.29, 0.717) is 19.6 Å². The zero-order valence-corrected chi connectivity index (χ0v) is 14.1. The monoisotopic (exact) mass is 307 g/mol. The molecule has 1 heterocycles. The van der Waals surface area contributed by atoms with Gasteiger partial charge in [0.05, 0.1) is 12.2 Å². The van der Waals surface area contributed by atoms with Crippen molar-refractivity contribution in [3.63, 3.8) is 0 Å². The normalized spacial score (nSPS) is 26.9. The second-order valence-electron chi connectivity index (χ2n) is 5.50. The molecule has 1 N–H and O–H groups in total. The standard InChI is InChI=1S/C13H29N3O3S/c1-6-16(7-2)20(17,18)14-8-11(3)15-9-12(4)19-13(5)10-15/h11-14H,6-10H2,1-5H3/t11-,12-,13+/m0/s1. The Labute approximate surface area is 123 Å². The minimum Gasteiger partial charge on any atom is -0.373 e. The fourth-order valence-electron chi connectivity index (χ4n) is 2.59. The number of morpholine rings is 1. The lowest BCUT2D eigenvalue weighted by Gasteiger charge is -2.39. The molecular weight excluding hydrogens is 278 g/mol. The second-order valence-corrected chi connectivity index (χ2v) is 7.25. The molecule has 6 nitrogen and oxygen atoms in total. The van der Waals surface area contributed by atoms with E-state index >= 15 is 0 Å². The summed E-state index contributed by atoms with van der Waals surface area (Å²) in [6, 6.07) is 0.161. The van der Waals surface area contributed by atoms with Crippen LogP contribution in [0.1, 0.15) is 34.6 Å². The molecule has 0 bridgehead atoms. The average Bonchev–Trinajstić information content (AvgIpc) is 2.36. The summed E-state index contributed by atoms with van der Waals surface area (Å²) in [6.45, 7) is 12.9. The van der Waals surface area contributed by atoms with Gasteiger partial charge in [0, 0.05) is 38.8 Å². The Hall–Kier alpha value is -0.210. The lowest BCUT2D eigenvalue weighted by atomic mass is 10.2. The van der Waals surface area contributed by atoms with E-state index in [4.69, 9.17) is 4.74 Å². The van der Waals surface area contributed by atoms with Crippen LogP contribution in [0.25, 0.3) is 0 Å². The maximum atomic E-state index is 12.1. The van der Waals surface area contributed by atoms with Gasteiger partial charge < -0.3 is 4.74 Å². The first-order valence-electron chi connectivity index (χ1n) is 7.44. The van der Waals surface area contributed by atoms with E-state index in [-0.39, 0.29) is 18.2 Å². The molecule has 0 amide bonds. The lowest BCUT2D eigenvalue weighted by Crippen LogP contribution is -2.53. The highest BCUT2D eigenvalue weighted by atomic mass is 32.2. The van der Waals surface area contributed by atoms with Crippen molar-refractivity contribution in [2.75, 3.05) is 32.7 Å². The maximum absolute atomic E-state index is 12.1. The van der Waals surface area contributed by atoms with Crippen LogP contribution in [0.2, 0.25) is 0 Å². The Balaban J connectivity index is 2.52. The molecule has 0 aromatic rings. The summed E-state index contributed by atoms with van der Waals surface area (Å²) >= 11 is 0. The van der Waals surface area contributed by atoms with Gasteiger partial charge in [-0.2, -0.15) is 12.7 Å². The summed E-state index contributed by atoms with van der Waals surface area (Å²) in [4.78, 5) is 2.28. The number of nitrogens with one attached hydrogen (secondary N) is 1. The molecule has 0 aliphatic carbocycles. The van der Waals surface area contributed by atoms with Gasteiger partial charge in [-0.3, -0.25) is 4.90 Å². The SMILES string of the molecule is CCN(CC)S(=O)(=O)NC[C@H](C)N1C[C@@H](C)O[C@@H](C)C1. The molecule has 0 spiro atoms. The fraction of sp³-hybridized carbons (Fsp3) is 1.00. The lowest BCUT2D eigenvalue weighted by molar-refractivity contribution is -0.0776. The molecule has 0 aromatic carbocycles. The van der Waals surface area contributed by atoms with Crippen molar-refractivity contribution in [2.45, 2.75) is 52.9 Å². The average molecular weight is 307 g/mol. The van der Waals surface area contributed by atoms with Crippen molar-refractivity contribution >= 4 is 10.2 Å². The Morgan fingerprint density at radius 1 is 1.25 bits per heavy atom. The second kappa shape index (κ2) is 7.70. The third-order valence-electron chi connectivity index (χ3n) is 3.68. The Morgan fingerprint density at radius 3 is 2.20 bits per heavy atom. The summed E-state index contributed by atoms with van der Waals surface area (Å²) in [5, 5.41) is 0. The molecule has 1 aliphatic rings. The zero-order chi connectivity index (χ0) is 15.3. The first-order valence-corrected chi connectivity index (χ1v) is 8.88. The highest BCUT2D eigenvalue weighted by Crippen LogP contribution is 2.13. The van der Waals surface area contributed by atoms with Crippen LogP contribution < -0.4 is 4.72 Å². The van der Waals surface area contributed by atoms with Crippen molar-refractivity contribution < 1.29 is 13.2 Å². The van der Waals surface area contributed by atoms with Gasteiger partial charge in [0.2, 0.25) is 0 Å². The van der Waals surface area contributed by atoms with Gasteiger partial charge in [-0.1, -0.05) is 13.8 Å². The van der Waals surface area contributed by atoms with E-state index in [9.17, 15) is 8.42 Å². The van der Waals surface area contributed by atoms with Gasteiger partial charge in [-0.05, 0) is 20.8 Å². The molecule has 0 radical (unpaired) electrons. The predicted octanol–water partition coefficient (Wildman–Crippen LogP) is 0.660. The highest BCUT2D eigenvalue weighted by molar-refractivity contribution is 7.87. The highest BCUT2D eigenvalue weighted by Gasteiger charge is 2.27. The summed E-state index contributed by atoms with van der Waals surface area (Å²) in [5.74, 6) is 0. The van der Waals surface area contributed by atoms with Crippen LogP contribution in [-0.4, -0.2) is 68.6 Å². The molecule has 1 rings (SSSR count). The van der Waals surface area contributed by atoms with E-state index in [2.05, 4.69) is 30.4 Å². The van der Waals surface area contributed by atoms with E-state index < -0.39 is 10.2 Å². The summed E-state index contributed by atoms with van der Waals surface area (Å²) in [6.07, 6.45) is 0.390. The van der Waals surface area contributed by atoms with Crippen LogP contribution >= 0.6 is 0 Å². The molecule has 0 unspecified atom stereocenters. The maximum Gasteiger partial charge on any atom is 0.279 e. The number of ether oxygens (including phenoxy) is 1. The summed E-state index contributed by atoms with van der Waals surface area (Å²) in [5.41, 5.74) is 0. The van der Waals surface area contributed by atoms with Gasteiger partial charge in [0.15, 0.2) is 0 Å². The Kier molecular flexibility index (Phi) is 6.87. The van der Waals surface area contributed by atoms with Gasteiger partial charge in [-0.25, -0.2) is 4.72 Å². The number of nitrogens with zero attached hydrogens (tertiary/aromatic N) is 2. The van der Waals surface area contributed by atoms with Gasteiger partial charge >= 0.3 is 0 Å². The fourth-order valence-corrected chi connectivity index (χ4v) is 3.90. The van der Waals surface area contributed by atoms with Crippen LogP contribution in [0.3, 0.4) is 0 Å². The van der Waals surface area contributed by atoms with Crippen LogP contribution in [0.4, 0.5) is 0 Å². The largest absolute Gasteiger partial charge is 0.373 e.